The number of amides is 1. The molecule has 8 nitrogen and oxygen atoms in total. The molecule has 11 heteroatoms. The molecular weight excluding hydrogens is 437 g/mol. The third-order valence-electron chi connectivity index (χ3n) is 5.40. The van der Waals surface area contributed by atoms with Crippen LogP contribution in [0.5, 0.6) is 5.75 Å². The van der Waals surface area contributed by atoms with Crippen molar-refractivity contribution in [3.8, 4) is 17.1 Å². The maximum Gasteiger partial charge on any atom is 0.433 e. The van der Waals surface area contributed by atoms with Gasteiger partial charge in [-0.3, -0.25) is 9.48 Å². The van der Waals surface area contributed by atoms with Crippen molar-refractivity contribution in [1.29, 1.82) is 0 Å². The predicted molar refractivity (Wildman–Crippen MR) is 113 cm³/mol. The average Bonchev–Trinajstić information content (AvgIpc) is 3.06. The van der Waals surface area contributed by atoms with Crippen LogP contribution in [-0.4, -0.2) is 43.8 Å². The first-order valence-electron chi connectivity index (χ1n) is 10.0. The lowest BCUT2D eigenvalue weighted by molar-refractivity contribution is -0.140. The van der Waals surface area contributed by atoms with E-state index in [0.29, 0.717) is 47.2 Å². The maximum absolute atomic E-state index is 13.1. The number of anilines is 1. The summed E-state index contributed by atoms with van der Waals surface area (Å²) in [6.07, 6.45) is -1.74. The second-order valence-corrected chi connectivity index (χ2v) is 7.58. The van der Waals surface area contributed by atoms with E-state index in [0.717, 1.165) is 11.6 Å². The number of nitrogens with zero attached hydrogens (tertiary/aromatic N) is 6. The van der Waals surface area contributed by atoms with Crippen LogP contribution in [0.15, 0.2) is 42.7 Å². The molecule has 0 fully saturated rings. The molecule has 1 amide bonds. The number of pyridine rings is 1. The fourth-order valence-electron chi connectivity index (χ4n) is 3.79. The molecule has 0 atom stereocenters. The Morgan fingerprint density at radius 1 is 1.06 bits per heavy atom. The summed E-state index contributed by atoms with van der Waals surface area (Å²) in [7, 11) is 1.68. The molecule has 3 aromatic heterocycles. The summed E-state index contributed by atoms with van der Waals surface area (Å²) in [6, 6.07) is 7.57. The van der Waals surface area contributed by atoms with E-state index in [1.807, 2.05) is 13.0 Å². The molecule has 1 aliphatic heterocycles. The van der Waals surface area contributed by atoms with Gasteiger partial charge in [0.05, 0.1) is 24.5 Å². The standard InChI is InChI=1S/C22H17F3N6O2/c1-12-9-13(20-26-10-15-14(29-20)4-6-18(28-15)22(23,24)25)3-5-16(12)31-7-8-33-17-11-27-30(2)19(17)21(31)32/h3-6,9-11H,7-8H2,1-2H3. The number of benzene rings is 1. The smallest absolute Gasteiger partial charge is 0.433 e. The number of fused-ring (bicyclic) bond motifs is 2. The molecule has 5 rings (SSSR count). The van der Waals surface area contributed by atoms with Crippen LogP contribution in [0.2, 0.25) is 0 Å². The molecule has 33 heavy (non-hydrogen) atoms. The van der Waals surface area contributed by atoms with Crippen molar-refractivity contribution in [2.75, 3.05) is 18.1 Å². The second kappa shape index (κ2) is 7.54. The highest BCUT2D eigenvalue weighted by Gasteiger charge is 2.32. The van der Waals surface area contributed by atoms with E-state index in [2.05, 4.69) is 20.1 Å². The van der Waals surface area contributed by atoms with Crippen LogP contribution < -0.4 is 9.64 Å². The Kier molecular flexibility index (Phi) is 4.76. The average molecular weight is 454 g/mol. The summed E-state index contributed by atoms with van der Waals surface area (Å²) in [5.74, 6) is 0.580. The van der Waals surface area contributed by atoms with Gasteiger partial charge in [0.25, 0.3) is 5.91 Å². The number of alkyl halides is 3. The Bertz CT molecular complexity index is 1400. The largest absolute Gasteiger partial charge is 0.488 e. The van der Waals surface area contributed by atoms with E-state index >= 15 is 0 Å². The zero-order chi connectivity index (χ0) is 23.3. The number of rotatable bonds is 2. The van der Waals surface area contributed by atoms with Crippen LogP contribution >= 0.6 is 0 Å². The molecule has 0 radical (unpaired) electrons. The molecule has 4 aromatic rings. The molecule has 0 N–H and O–H groups in total. The van der Waals surface area contributed by atoms with Crippen molar-refractivity contribution in [3.05, 3.63) is 59.7 Å². The number of halogens is 3. The highest BCUT2D eigenvalue weighted by Crippen LogP contribution is 2.31. The number of carbonyl (C=O) groups excluding carboxylic acids is 1. The Balaban J connectivity index is 1.48. The monoisotopic (exact) mass is 454 g/mol. The molecule has 1 aliphatic rings. The quantitative estimate of drug-likeness (QED) is 0.458. The summed E-state index contributed by atoms with van der Waals surface area (Å²) in [5.41, 5.74) is 1.92. The van der Waals surface area contributed by atoms with E-state index in [9.17, 15) is 18.0 Å². The maximum atomic E-state index is 13.1. The van der Waals surface area contributed by atoms with Crippen LogP contribution in [0, 0.1) is 6.92 Å². The molecule has 0 saturated heterocycles. The van der Waals surface area contributed by atoms with Gasteiger partial charge in [-0.25, -0.2) is 15.0 Å². The summed E-state index contributed by atoms with van der Waals surface area (Å²) in [5, 5.41) is 4.10. The minimum absolute atomic E-state index is 0.0593. The van der Waals surface area contributed by atoms with Crippen molar-refractivity contribution < 1.29 is 22.7 Å². The third-order valence-corrected chi connectivity index (χ3v) is 5.40. The predicted octanol–water partition coefficient (Wildman–Crippen LogP) is 3.79. The van der Waals surface area contributed by atoms with Crippen LogP contribution in [-0.2, 0) is 13.2 Å². The molecule has 1 aromatic carbocycles. The van der Waals surface area contributed by atoms with Crippen molar-refractivity contribution in [1.82, 2.24) is 24.7 Å². The molecular formula is C22H17F3N6O2. The summed E-state index contributed by atoms with van der Waals surface area (Å²) >= 11 is 0. The third kappa shape index (κ3) is 3.65. The van der Waals surface area contributed by atoms with Gasteiger partial charge < -0.3 is 9.64 Å². The number of hydrogen-bond donors (Lipinski definition) is 0. The SMILES string of the molecule is Cc1cc(-c2ncc3nc(C(F)(F)F)ccc3n2)ccc1N1CCOc2cnn(C)c2C1=O. The van der Waals surface area contributed by atoms with E-state index in [-0.39, 0.29) is 11.4 Å². The first kappa shape index (κ1) is 20.9. The van der Waals surface area contributed by atoms with E-state index in [4.69, 9.17) is 4.74 Å². The normalized spacial score (nSPS) is 14.2. The minimum Gasteiger partial charge on any atom is -0.488 e. The molecule has 0 bridgehead atoms. The van der Waals surface area contributed by atoms with Gasteiger partial charge >= 0.3 is 6.18 Å². The van der Waals surface area contributed by atoms with E-state index < -0.39 is 11.9 Å². The van der Waals surface area contributed by atoms with Crippen molar-refractivity contribution in [3.63, 3.8) is 0 Å². The number of aryl methyl sites for hydroxylation is 2. The summed E-state index contributed by atoms with van der Waals surface area (Å²) < 4.78 is 45.8. The first-order chi connectivity index (χ1) is 15.7. The number of carbonyl (C=O) groups is 1. The van der Waals surface area contributed by atoms with Gasteiger partial charge in [0.2, 0.25) is 0 Å². The summed E-state index contributed by atoms with van der Waals surface area (Å²) in [4.78, 5) is 26.9. The summed E-state index contributed by atoms with van der Waals surface area (Å²) in [6.45, 7) is 2.56. The van der Waals surface area contributed by atoms with Crippen LogP contribution in [0.25, 0.3) is 22.4 Å². The highest BCUT2D eigenvalue weighted by molar-refractivity contribution is 6.07. The molecule has 168 valence electrons. The van der Waals surface area contributed by atoms with E-state index in [1.165, 1.54) is 23.1 Å². The Labute approximate surface area is 185 Å². The fraction of sp³-hybridized carbons (Fsp3) is 0.227. The molecule has 0 saturated carbocycles. The first-order valence-corrected chi connectivity index (χ1v) is 10.0. The highest BCUT2D eigenvalue weighted by atomic mass is 19.4. The van der Waals surface area contributed by atoms with Gasteiger partial charge in [0, 0.05) is 18.3 Å². The molecule has 0 aliphatic carbocycles. The Hall–Kier alpha value is -4.02. The van der Waals surface area contributed by atoms with Gasteiger partial charge in [-0.05, 0) is 42.8 Å². The zero-order valence-electron chi connectivity index (χ0n) is 17.6. The molecule has 0 spiro atoms. The zero-order valence-corrected chi connectivity index (χ0v) is 17.6. The minimum atomic E-state index is -4.54. The lowest BCUT2D eigenvalue weighted by atomic mass is 10.1. The number of aromatic nitrogens is 5. The topological polar surface area (TPSA) is 86.0 Å². The Morgan fingerprint density at radius 3 is 2.64 bits per heavy atom. The van der Waals surface area contributed by atoms with Crippen molar-refractivity contribution in [2.24, 2.45) is 7.05 Å². The van der Waals surface area contributed by atoms with Crippen molar-refractivity contribution in [2.45, 2.75) is 13.1 Å². The lowest BCUT2D eigenvalue weighted by Crippen LogP contribution is -2.34. The van der Waals surface area contributed by atoms with Crippen LogP contribution in [0.4, 0.5) is 18.9 Å². The fourth-order valence-corrected chi connectivity index (χ4v) is 3.79. The van der Waals surface area contributed by atoms with Gasteiger partial charge in [0.15, 0.2) is 17.3 Å². The number of ether oxygens (including phenoxy) is 1. The molecule has 0 unspecified atom stereocenters. The van der Waals surface area contributed by atoms with Crippen LogP contribution in [0.1, 0.15) is 21.7 Å². The second-order valence-electron chi connectivity index (χ2n) is 7.58. The lowest BCUT2D eigenvalue weighted by Gasteiger charge is -2.22. The van der Waals surface area contributed by atoms with Gasteiger partial charge in [-0.15, -0.1) is 0 Å². The molecule has 4 heterocycles. The van der Waals surface area contributed by atoms with Gasteiger partial charge in [0.1, 0.15) is 17.8 Å². The van der Waals surface area contributed by atoms with Crippen molar-refractivity contribution >= 4 is 22.6 Å². The van der Waals surface area contributed by atoms with Gasteiger partial charge in [-0.1, -0.05) is 0 Å². The van der Waals surface area contributed by atoms with Gasteiger partial charge in [-0.2, -0.15) is 18.3 Å². The number of hydrogen-bond acceptors (Lipinski definition) is 6. The van der Waals surface area contributed by atoms with E-state index in [1.54, 1.807) is 24.1 Å². The van der Waals surface area contributed by atoms with Crippen LogP contribution in [0.3, 0.4) is 0 Å². The Morgan fingerprint density at radius 2 is 1.88 bits per heavy atom.